The van der Waals surface area contributed by atoms with Crippen LogP contribution in [0, 0.1) is 5.92 Å². The summed E-state index contributed by atoms with van der Waals surface area (Å²) in [5.41, 5.74) is 1.89. The lowest BCUT2D eigenvalue weighted by Gasteiger charge is -2.15. The number of rotatable bonds is 7. The van der Waals surface area contributed by atoms with Crippen LogP contribution in [0.5, 0.6) is 0 Å². The minimum atomic E-state index is -0.211. The smallest absolute Gasteiger partial charge is 0.251 e. The highest BCUT2D eigenvalue weighted by molar-refractivity contribution is 6.01. The van der Waals surface area contributed by atoms with E-state index in [0.717, 1.165) is 12.2 Å². The summed E-state index contributed by atoms with van der Waals surface area (Å²) in [5, 5.41) is 6.76. The Kier molecular flexibility index (Phi) is 6.11. The fourth-order valence-electron chi connectivity index (χ4n) is 2.31. The molecule has 0 fully saturated rings. The van der Waals surface area contributed by atoms with Crippen LogP contribution in [0.4, 0.5) is 5.69 Å². The molecule has 6 heteroatoms. The molecule has 0 atom stereocenters. The number of hydrogen-bond acceptors (Lipinski definition) is 4. The minimum absolute atomic E-state index is 0.208. The topological polar surface area (TPSA) is 75.4 Å². The van der Waals surface area contributed by atoms with Crippen molar-refractivity contribution in [2.24, 2.45) is 5.92 Å². The summed E-state index contributed by atoms with van der Waals surface area (Å²) in [6.45, 7) is 7.97. The van der Waals surface area contributed by atoms with Crippen molar-refractivity contribution in [3.05, 3.63) is 60.0 Å². The van der Waals surface area contributed by atoms with Crippen molar-refractivity contribution in [1.29, 1.82) is 0 Å². The van der Waals surface area contributed by atoms with Gasteiger partial charge in [0.05, 0.1) is 6.54 Å². The van der Waals surface area contributed by atoms with Gasteiger partial charge in [-0.3, -0.25) is 9.59 Å². The van der Waals surface area contributed by atoms with Gasteiger partial charge in [-0.15, -0.1) is 0 Å². The molecule has 0 saturated carbocycles. The summed E-state index contributed by atoms with van der Waals surface area (Å²) in [4.78, 5) is 25.2. The van der Waals surface area contributed by atoms with Crippen LogP contribution in [-0.2, 0) is 17.8 Å². The van der Waals surface area contributed by atoms with Crippen molar-refractivity contribution in [2.75, 3.05) is 11.9 Å². The number of amides is 2. The molecule has 1 aromatic heterocycles. The molecule has 0 aliphatic carbocycles. The number of nitrogens with zero attached hydrogens (tertiary/aromatic N) is 2. The minimum Gasteiger partial charge on any atom is -0.361 e. The summed E-state index contributed by atoms with van der Waals surface area (Å²) in [6, 6.07) is 8.63. The first kappa shape index (κ1) is 18.4. The number of likely N-dealkylation sites (N-methyl/N-ethyl adjacent to an activating group) is 1. The standard InChI is InChI=1S/C19H23N3O3/c1-5-18(23)22(4)16-8-6-14(7-9-16)19(24)20-12-15-11-17(25-21-15)10-13(2)3/h5-9,11,13H,1,10,12H2,2-4H3,(H,20,24). The molecule has 2 rings (SSSR count). The largest absolute Gasteiger partial charge is 0.361 e. The third-order valence-electron chi connectivity index (χ3n) is 3.67. The van der Waals surface area contributed by atoms with E-state index in [-0.39, 0.29) is 11.8 Å². The highest BCUT2D eigenvalue weighted by Crippen LogP contribution is 2.15. The zero-order chi connectivity index (χ0) is 18.4. The lowest BCUT2D eigenvalue weighted by molar-refractivity contribution is -0.113. The molecule has 25 heavy (non-hydrogen) atoms. The fraction of sp³-hybridized carbons (Fsp3) is 0.316. The molecule has 132 valence electrons. The molecule has 1 N–H and O–H groups in total. The van der Waals surface area contributed by atoms with Crippen molar-refractivity contribution >= 4 is 17.5 Å². The van der Waals surface area contributed by atoms with E-state index in [0.29, 0.717) is 29.4 Å². The van der Waals surface area contributed by atoms with Crippen LogP contribution in [0.1, 0.15) is 35.7 Å². The second kappa shape index (κ2) is 8.28. The van der Waals surface area contributed by atoms with Gasteiger partial charge in [0.15, 0.2) is 0 Å². The van der Waals surface area contributed by atoms with E-state index < -0.39 is 0 Å². The van der Waals surface area contributed by atoms with E-state index in [1.807, 2.05) is 6.07 Å². The van der Waals surface area contributed by atoms with Crippen molar-refractivity contribution in [3.63, 3.8) is 0 Å². The molecule has 2 aromatic rings. The normalized spacial score (nSPS) is 10.6. The summed E-state index contributed by atoms with van der Waals surface area (Å²) >= 11 is 0. The predicted octanol–water partition coefficient (Wildman–Crippen LogP) is 2.95. The Bertz CT molecular complexity index is 748. The van der Waals surface area contributed by atoms with E-state index in [1.54, 1.807) is 31.3 Å². The van der Waals surface area contributed by atoms with Gasteiger partial charge in [0.2, 0.25) is 5.91 Å². The Morgan fingerprint density at radius 1 is 1.32 bits per heavy atom. The molecule has 0 bridgehead atoms. The summed E-state index contributed by atoms with van der Waals surface area (Å²) in [5.74, 6) is 0.886. The average Bonchev–Trinajstić information content (AvgIpc) is 3.05. The zero-order valence-electron chi connectivity index (χ0n) is 14.8. The van der Waals surface area contributed by atoms with Gasteiger partial charge < -0.3 is 14.7 Å². The lowest BCUT2D eigenvalue weighted by Crippen LogP contribution is -2.25. The highest BCUT2D eigenvalue weighted by Gasteiger charge is 2.11. The Morgan fingerprint density at radius 2 is 2.00 bits per heavy atom. The van der Waals surface area contributed by atoms with Crippen LogP contribution < -0.4 is 10.2 Å². The Morgan fingerprint density at radius 3 is 2.60 bits per heavy atom. The Balaban J connectivity index is 1.93. The van der Waals surface area contributed by atoms with Crippen molar-refractivity contribution in [2.45, 2.75) is 26.8 Å². The zero-order valence-corrected chi connectivity index (χ0v) is 14.8. The van der Waals surface area contributed by atoms with Crippen LogP contribution in [0.15, 0.2) is 47.5 Å². The molecular weight excluding hydrogens is 318 g/mol. The molecule has 2 amide bonds. The third-order valence-corrected chi connectivity index (χ3v) is 3.67. The third kappa shape index (κ3) is 5.04. The summed E-state index contributed by atoms with van der Waals surface area (Å²) in [7, 11) is 1.65. The van der Waals surface area contributed by atoms with Gasteiger partial charge in [0.25, 0.3) is 5.91 Å². The molecule has 6 nitrogen and oxygen atoms in total. The van der Waals surface area contributed by atoms with Crippen LogP contribution in [0.3, 0.4) is 0 Å². The first-order valence-corrected chi connectivity index (χ1v) is 8.13. The van der Waals surface area contributed by atoms with Gasteiger partial charge in [-0.05, 0) is 36.3 Å². The number of nitrogens with one attached hydrogen (secondary N) is 1. The van der Waals surface area contributed by atoms with Gasteiger partial charge in [-0.1, -0.05) is 25.6 Å². The van der Waals surface area contributed by atoms with E-state index in [1.165, 1.54) is 11.0 Å². The average molecular weight is 341 g/mol. The van der Waals surface area contributed by atoms with Crippen LogP contribution in [0.25, 0.3) is 0 Å². The Hall–Kier alpha value is -2.89. The van der Waals surface area contributed by atoms with E-state index in [9.17, 15) is 9.59 Å². The van der Waals surface area contributed by atoms with Gasteiger partial charge in [-0.25, -0.2) is 0 Å². The summed E-state index contributed by atoms with van der Waals surface area (Å²) in [6.07, 6.45) is 2.06. The van der Waals surface area contributed by atoms with Gasteiger partial charge >= 0.3 is 0 Å². The maximum absolute atomic E-state index is 12.2. The van der Waals surface area contributed by atoms with Crippen LogP contribution in [0.2, 0.25) is 0 Å². The second-order valence-corrected chi connectivity index (χ2v) is 6.21. The Labute approximate surface area is 147 Å². The van der Waals surface area contributed by atoms with E-state index in [2.05, 4.69) is 30.9 Å². The molecule has 0 unspecified atom stereocenters. The van der Waals surface area contributed by atoms with Gasteiger partial charge in [-0.2, -0.15) is 0 Å². The van der Waals surface area contributed by atoms with E-state index in [4.69, 9.17) is 4.52 Å². The van der Waals surface area contributed by atoms with Gasteiger partial charge in [0.1, 0.15) is 11.5 Å². The number of benzene rings is 1. The molecule has 0 spiro atoms. The summed E-state index contributed by atoms with van der Waals surface area (Å²) < 4.78 is 5.24. The highest BCUT2D eigenvalue weighted by atomic mass is 16.5. The molecule has 1 aromatic carbocycles. The first-order valence-electron chi connectivity index (χ1n) is 8.13. The van der Waals surface area contributed by atoms with Crippen molar-refractivity contribution in [1.82, 2.24) is 10.5 Å². The van der Waals surface area contributed by atoms with Crippen molar-refractivity contribution in [3.8, 4) is 0 Å². The lowest BCUT2D eigenvalue weighted by atomic mass is 10.1. The molecular formula is C19H23N3O3. The number of carbonyl (C=O) groups excluding carboxylic acids is 2. The predicted molar refractivity (Wildman–Crippen MR) is 96.3 cm³/mol. The van der Waals surface area contributed by atoms with E-state index >= 15 is 0 Å². The fourth-order valence-corrected chi connectivity index (χ4v) is 2.31. The van der Waals surface area contributed by atoms with Crippen LogP contribution in [-0.4, -0.2) is 24.0 Å². The number of anilines is 1. The van der Waals surface area contributed by atoms with Crippen LogP contribution >= 0.6 is 0 Å². The second-order valence-electron chi connectivity index (χ2n) is 6.21. The molecule has 0 aliphatic heterocycles. The molecule has 0 aliphatic rings. The maximum atomic E-state index is 12.2. The SMILES string of the molecule is C=CC(=O)N(C)c1ccc(C(=O)NCc2cc(CC(C)C)on2)cc1. The molecule has 1 heterocycles. The monoisotopic (exact) mass is 341 g/mol. The van der Waals surface area contributed by atoms with Gasteiger partial charge in [0, 0.05) is 30.8 Å². The molecule has 0 radical (unpaired) electrons. The quantitative estimate of drug-likeness (QED) is 0.786. The number of hydrogen-bond donors (Lipinski definition) is 1. The number of aromatic nitrogens is 1. The molecule has 0 saturated heterocycles. The van der Waals surface area contributed by atoms with Crippen molar-refractivity contribution < 1.29 is 14.1 Å². The maximum Gasteiger partial charge on any atom is 0.251 e. The first-order chi connectivity index (χ1) is 11.9. The number of carbonyl (C=O) groups is 2.